The molecule has 1 amide bonds. The third kappa shape index (κ3) is 1.94. The fraction of sp³-hybridized carbons (Fsp3) is 0.600. The van der Waals surface area contributed by atoms with Gasteiger partial charge in [0, 0.05) is 4.85 Å². The number of amides is 1. The summed E-state index contributed by atoms with van der Waals surface area (Å²) in [6, 6.07) is 0. The normalized spacial score (nSPS) is 8.29. The second-order valence-electron chi connectivity index (χ2n) is 1.62. The molecule has 2 nitrogen and oxygen atoms in total. The molecule has 0 fully saturated rings. The van der Waals surface area contributed by atoms with Gasteiger partial charge in [-0.05, 0) is 13.8 Å². The molecular weight excluding hydrogens is 90.1 g/mol. The van der Waals surface area contributed by atoms with Gasteiger partial charge >= 0.3 is 5.91 Å². The van der Waals surface area contributed by atoms with Crippen molar-refractivity contribution in [2.24, 2.45) is 5.92 Å². The Labute approximate surface area is 43.0 Å². The van der Waals surface area contributed by atoms with Gasteiger partial charge in [-0.15, -0.1) is 0 Å². The molecular formula is C5H8NO+. The van der Waals surface area contributed by atoms with Gasteiger partial charge in [0.25, 0.3) is 6.57 Å². The Kier molecular flexibility index (Phi) is 2.07. The van der Waals surface area contributed by atoms with Crippen molar-refractivity contribution in [2.75, 3.05) is 0 Å². The average molecular weight is 98.1 g/mol. The van der Waals surface area contributed by atoms with Gasteiger partial charge in [-0.1, -0.05) is 0 Å². The Morgan fingerprint density at radius 3 is 2.14 bits per heavy atom. The second-order valence-corrected chi connectivity index (χ2v) is 1.62. The van der Waals surface area contributed by atoms with E-state index >= 15 is 0 Å². The predicted molar refractivity (Wildman–Crippen MR) is 28.1 cm³/mol. The highest BCUT2D eigenvalue weighted by molar-refractivity contribution is 5.87. The van der Waals surface area contributed by atoms with Crippen molar-refractivity contribution in [1.29, 1.82) is 0 Å². The van der Waals surface area contributed by atoms with Crippen LogP contribution in [0, 0.1) is 12.5 Å². The molecule has 0 aliphatic heterocycles. The van der Waals surface area contributed by atoms with E-state index in [1.54, 1.807) is 13.8 Å². The summed E-state index contributed by atoms with van der Waals surface area (Å²) >= 11 is 0. The minimum Gasteiger partial charge on any atom is -0.200 e. The molecule has 0 bridgehead atoms. The fourth-order valence-electron chi connectivity index (χ4n) is 0.149. The Bertz CT molecular complexity index is 110. The molecule has 0 radical (unpaired) electrons. The van der Waals surface area contributed by atoms with Crippen LogP contribution in [0.1, 0.15) is 13.8 Å². The Morgan fingerprint density at radius 2 is 2.14 bits per heavy atom. The quantitative estimate of drug-likeness (QED) is 0.481. The predicted octanol–water partition coefficient (Wildman–Crippen LogP) is 1.13. The largest absolute Gasteiger partial charge is 0.517 e. The second kappa shape index (κ2) is 2.35. The van der Waals surface area contributed by atoms with Gasteiger partial charge in [-0.25, -0.2) is 4.79 Å². The molecule has 0 saturated heterocycles. The zero-order valence-corrected chi connectivity index (χ0v) is 4.51. The van der Waals surface area contributed by atoms with Gasteiger partial charge in [0.1, 0.15) is 0 Å². The molecule has 0 rings (SSSR count). The molecule has 0 N–H and O–H groups in total. The summed E-state index contributed by atoms with van der Waals surface area (Å²) < 4.78 is 0. The number of carbonyl (C=O) groups is 1. The number of rotatable bonds is 1. The minimum atomic E-state index is -0.250. The van der Waals surface area contributed by atoms with E-state index in [9.17, 15) is 4.79 Å². The molecule has 0 atom stereocenters. The highest BCUT2D eigenvalue weighted by Gasteiger charge is 2.14. The molecule has 0 heterocycles. The van der Waals surface area contributed by atoms with E-state index in [1.165, 1.54) is 0 Å². The zero-order valence-electron chi connectivity index (χ0n) is 4.51. The highest BCUT2D eigenvalue weighted by Crippen LogP contribution is 1.92. The van der Waals surface area contributed by atoms with Gasteiger partial charge in [0.15, 0.2) is 0 Å². The zero-order chi connectivity index (χ0) is 5.86. The maximum absolute atomic E-state index is 10.2. The van der Waals surface area contributed by atoms with Crippen LogP contribution in [-0.4, -0.2) is 5.91 Å². The molecule has 0 aromatic carbocycles. The van der Waals surface area contributed by atoms with Crippen molar-refractivity contribution >= 4 is 5.91 Å². The van der Waals surface area contributed by atoms with Crippen molar-refractivity contribution in [3.63, 3.8) is 0 Å². The van der Waals surface area contributed by atoms with Gasteiger partial charge < -0.3 is 0 Å². The third-order valence-electron chi connectivity index (χ3n) is 0.621. The summed E-state index contributed by atoms with van der Waals surface area (Å²) in [4.78, 5) is 13.2. The van der Waals surface area contributed by atoms with Crippen LogP contribution in [0.15, 0.2) is 0 Å². The first-order valence-corrected chi connectivity index (χ1v) is 2.13. The SMILES string of the molecule is C#[N+]C(=O)C(C)C. The van der Waals surface area contributed by atoms with E-state index < -0.39 is 0 Å². The molecule has 38 valence electrons. The van der Waals surface area contributed by atoms with Crippen LogP contribution in [-0.2, 0) is 4.79 Å². The molecule has 0 unspecified atom stereocenters. The van der Waals surface area contributed by atoms with Crippen LogP contribution in [0.5, 0.6) is 0 Å². The number of nitrogens with zero attached hydrogens (tertiary/aromatic N) is 1. The molecule has 0 aromatic heterocycles. The summed E-state index contributed by atoms with van der Waals surface area (Å²) in [5, 5.41) is 0. The molecule has 0 aliphatic carbocycles. The van der Waals surface area contributed by atoms with Gasteiger partial charge in [-0.2, -0.15) is 0 Å². The van der Waals surface area contributed by atoms with Crippen LogP contribution >= 0.6 is 0 Å². The van der Waals surface area contributed by atoms with Crippen molar-refractivity contribution in [3.05, 3.63) is 4.85 Å². The number of carbonyl (C=O) groups excluding carboxylic acids is 1. The summed E-state index contributed by atoms with van der Waals surface area (Å²) in [6.07, 6.45) is 0. The Hall–Kier alpha value is -0.840. The first kappa shape index (κ1) is 6.16. The average Bonchev–Trinajstić information content (AvgIpc) is 1.65. The summed E-state index contributed by atoms with van der Waals surface area (Å²) in [7, 11) is 0. The van der Waals surface area contributed by atoms with E-state index in [0.29, 0.717) is 0 Å². The van der Waals surface area contributed by atoms with E-state index in [4.69, 9.17) is 0 Å². The van der Waals surface area contributed by atoms with Crippen LogP contribution in [0.25, 0.3) is 4.85 Å². The number of hydrogen-bond acceptors (Lipinski definition) is 1. The van der Waals surface area contributed by atoms with E-state index in [-0.39, 0.29) is 11.8 Å². The topological polar surface area (TPSA) is 21.4 Å². The molecule has 2 heteroatoms. The third-order valence-corrected chi connectivity index (χ3v) is 0.621. The van der Waals surface area contributed by atoms with Crippen LogP contribution in [0.3, 0.4) is 0 Å². The summed E-state index contributed by atoms with van der Waals surface area (Å²) in [6.45, 7) is 8.15. The van der Waals surface area contributed by atoms with E-state index in [0.717, 1.165) is 0 Å². The maximum Gasteiger partial charge on any atom is 0.517 e. The van der Waals surface area contributed by atoms with Gasteiger partial charge in [0.2, 0.25) is 0 Å². The molecule has 0 saturated carbocycles. The summed E-state index contributed by atoms with van der Waals surface area (Å²) in [5.74, 6) is -0.315. The lowest BCUT2D eigenvalue weighted by molar-refractivity contribution is -0.117. The smallest absolute Gasteiger partial charge is 0.200 e. The van der Waals surface area contributed by atoms with Gasteiger partial charge in [-0.3, -0.25) is 0 Å². The monoisotopic (exact) mass is 98.1 g/mol. The van der Waals surface area contributed by atoms with E-state index in [2.05, 4.69) is 11.4 Å². The van der Waals surface area contributed by atoms with Crippen molar-refractivity contribution in [1.82, 2.24) is 0 Å². The van der Waals surface area contributed by atoms with E-state index in [1.807, 2.05) is 0 Å². The van der Waals surface area contributed by atoms with Crippen LogP contribution < -0.4 is 0 Å². The lowest BCUT2D eigenvalue weighted by Crippen LogP contribution is -1.98. The summed E-state index contributed by atoms with van der Waals surface area (Å²) in [5.41, 5.74) is 0. The Balaban J connectivity index is 3.64. The van der Waals surface area contributed by atoms with Crippen LogP contribution in [0.2, 0.25) is 0 Å². The Morgan fingerprint density at radius 1 is 1.71 bits per heavy atom. The van der Waals surface area contributed by atoms with Gasteiger partial charge in [0.05, 0.1) is 5.92 Å². The molecule has 0 spiro atoms. The molecule has 0 aliphatic rings. The molecule has 0 aromatic rings. The van der Waals surface area contributed by atoms with Crippen molar-refractivity contribution in [2.45, 2.75) is 13.8 Å². The first-order chi connectivity index (χ1) is 3.18. The highest BCUT2D eigenvalue weighted by atomic mass is 16.1. The molecule has 7 heavy (non-hydrogen) atoms. The maximum atomic E-state index is 10.2. The number of hydrogen-bond donors (Lipinski definition) is 0. The fourth-order valence-corrected chi connectivity index (χ4v) is 0.149. The first-order valence-electron chi connectivity index (χ1n) is 2.13. The van der Waals surface area contributed by atoms with Crippen molar-refractivity contribution in [3.8, 4) is 6.57 Å². The van der Waals surface area contributed by atoms with Crippen molar-refractivity contribution < 1.29 is 4.79 Å². The van der Waals surface area contributed by atoms with Crippen LogP contribution in [0.4, 0.5) is 0 Å². The lowest BCUT2D eigenvalue weighted by atomic mass is 10.2. The standard InChI is InChI=1S/C5H8NO/c1-4(2)5(7)6-3/h3-4H,1-2H3/q+1. The minimum absolute atomic E-state index is 0.0648. The lowest BCUT2D eigenvalue weighted by Gasteiger charge is -1.78.